The molecule has 1 aliphatic heterocycles. The van der Waals surface area contributed by atoms with E-state index in [0.717, 1.165) is 6.42 Å². The Balaban J connectivity index is 2.30. The average Bonchev–Trinajstić information content (AvgIpc) is 2.36. The van der Waals surface area contributed by atoms with Crippen molar-refractivity contribution >= 4 is 11.8 Å². The summed E-state index contributed by atoms with van der Waals surface area (Å²) in [4.78, 5) is 27.0. The summed E-state index contributed by atoms with van der Waals surface area (Å²) in [5, 5.41) is 0. The standard InChI is InChI=1S/C12H22N2O3/c1-3-4-11(15)13-6-8-14(9-7-13)12(16)5-10-17-2/h3-10H2,1-2H3. The molecule has 5 nitrogen and oxygen atoms in total. The van der Waals surface area contributed by atoms with Gasteiger partial charge < -0.3 is 14.5 Å². The summed E-state index contributed by atoms with van der Waals surface area (Å²) in [6.45, 7) is 5.10. The van der Waals surface area contributed by atoms with Gasteiger partial charge in [-0.3, -0.25) is 9.59 Å². The van der Waals surface area contributed by atoms with Gasteiger partial charge in [-0.1, -0.05) is 6.92 Å². The highest BCUT2D eigenvalue weighted by molar-refractivity contribution is 5.78. The minimum Gasteiger partial charge on any atom is -0.384 e. The molecule has 1 rings (SSSR count). The number of methoxy groups -OCH3 is 1. The topological polar surface area (TPSA) is 49.9 Å². The van der Waals surface area contributed by atoms with Gasteiger partial charge in [0.2, 0.25) is 11.8 Å². The van der Waals surface area contributed by atoms with Gasteiger partial charge in [-0.25, -0.2) is 0 Å². The van der Waals surface area contributed by atoms with Crippen molar-refractivity contribution in [3.05, 3.63) is 0 Å². The van der Waals surface area contributed by atoms with Crippen molar-refractivity contribution in [1.82, 2.24) is 9.80 Å². The predicted octanol–water partition coefficient (Wildman–Crippen LogP) is 0.494. The molecule has 0 saturated carbocycles. The monoisotopic (exact) mass is 242 g/mol. The van der Waals surface area contributed by atoms with Gasteiger partial charge in [0.1, 0.15) is 0 Å². The smallest absolute Gasteiger partial charge is 0.225 e. The van der Waals surface area contributed by atoms with E-state index >= 15 is 0 Å². The zero-order valence-corrected chi connectivity index (χ0v) is 10.8. The number of carbonyl (C=O) groups is 2. The first-order valence-electron chi connectivity index (χ1n) is 6.23. The summed E-state index contributed by atoms with van der Waals surface area (Å²) in [6, 6.07) is 0. The zero-order valence-electron chi connectivity index (χ0n) is 10.8. The number of ether oxygens (including phenoxy) is 1. The van der Waals surface area contributed by atoms with Crippen molar-refractivity contribution in [2.24, 2.45) is 0 Å². The molecule has 98 valence electrons. The minimum atomic E-state index is 0.120. The molecule has 5 heteroatoms. The lowest BCUT2D eigenvalue weighted by Gasteiger charge is -2.34. The predicted molar refractivity (Wildman–Crippen MR) is 64.6 cm³/mol. The van der Waals surface area contributed by atoms with E-state index in [1.54, 1.807) is 7.11 Å². The number of nitrogens with zero attached hydrogens (tertiary/aromatic N) is 2. The first-order valence-corrected chi connectivity index (χ1v) is 6.23. The number of amides is 2. The summed E-state index contributed by atoms with van der Waals surface area (Å²) < 4.78 is 4.88. The Morgan fingerprint density at radius 1 is 1.00 bits per heavy atom. The van der Waals surface area contributed by atoms with E-state index in [9.17, 15) is 9.59 Å². The first-order chi connectivity index (χ1) is 8.19. The molecule has 1 fully saturated rings. The number of hydrogen-bond acceptors (Lipinski definition) is 3. The fourth-order valence-corrected chi connectivity index (χ4v) is 1.92. The Morgan fingerprint density at radius 3 is 1.88 bits per heavy atom. The summed E-state index contributed by atoms with van der Waals surface area (Å²) in [7, 11) is 1.59. The molecular formula is C12H22N2O3. The van der Waals surface area contributed by atoms with Crippen molar-refractivity contribution in [3.63, 3.8) is 0 Å². The Hall–Kier alpha value is -1.10. The highest BCUT2D eigenvalue weighted by Crippen LogP contribution is 2.06. The molecule has 0 aliphatic carbocycles. The third-order valence-corrected chi connectivity index (χ3v) is 2.97. The zero-order chi connectivity index (χ0) is 12.7. The molecule has 0 bridgehead atoms. The van der Waals surface area contributed by atoms with Crippen molar-refractivity contribution in [2.45, 2.75) is 26.2 Å². The number of rotatable bonds is 5. The van der Waals surface area contributed by atoms with Crippen molar-refractivity contribution in [3.8, 4) is 0 Å². The SMILES string of the molecule is CCCC(=O)N1CCN(C(=O)CCOC)CC1. The van der Waals surface area contributed by atoms with Gasteiger partial charge in [0.15, 0.2) is 0 Å². The average molecular weight is 242 g/mol. The van der Waals surface area contributed by atoms with Crippen LogP contribution in [-0.2, 0) is 14.3 Å². The van der Waals surface area contributed by atoms with Gasteiger partial charge in [-0.05, 0) is 6.42 Å². The number of carbonyl (C=O) groups excluding carboxylic acids is 2. The first kappa shape index (κ1) is 14.0. The van der Waals surface area contributed by atoms with E-state index < -0.39 is 0 Å². The molecule has 2 amide bonds. The highest BCUT2D eigenvalue weighted by atomic mass is 16.5. The second-order valence-electron chi connectivity index (χ2n) is 4.25. The van der Waals surface area contributed by atoms with Crippen molar-refractivity contribution < 1.29 is 14.3 Å². The van der Waals surface area contributed by atoms with Gasteiger partial charge in [0.05, 0.1) is 13.0 Å². The van der Waals surface area contributed by atoms with Crippen LogP contribution < -0.4 is 0 Å². The van der Waals surface area contributed by atoms with Gasteiger partial charge in [0.25, 0.3) is 0 Å². The van der Waals surface area contributed by atoms with E-state index in [4.69, 9.17) is 4.74 Å². The van der Waals surface area contributed by atoms with Gasteiger partial charge in [0, 0.05) is 39.7 Å². The van der Waals surface area contributed by atoms with E-state index in [2.05, 4.69) is 0 Å². The third kappa shape index (κ3) is 4.34. The lowest BCUT2D eigenvalue weighted by atomic mass is 10.2. The largest absolute Gasteiger partial charge is 0.384 e. The lowest BCUT2D eigenvalue weighted by Crippen LogP contribution is -2.50. The van der Waals surface area contributed by atoms with E-state index in [1.165, 1.54) is 0 Å². The summed E-state index contributed by atoms with van der Waals surface area (Å²) in [5.74, 6) is 0.325. The van der Waals surface area contributed by atoms with Crippen LogP contribution in [0.5, 0.6) is 0 Å². The number of piperazine rings is 1. The molecule has 0 spiro atoms. The second-order valence-corrected chi connectivity index (χ2v) is 4.25. The van der Waals surface area contributed by atoms with Gasteiger partial charge in [-0.2, -0.15) is 0 Å². The summed E-state index contributed by atoms with van der Waals surface area (Å²) >= 11 is 0. The van der Waals surface area contributed by atoms with Crippen LogP contribution in [0.4, 0.5) is 0 Å². The molecule has 0 aromatic carbocycles. The minimum absolute atomic E-state index is 0.120. The Morgan fingerprint density at radius 2 is 1.47 bits per heavy atom. The summed E-state index contributed by atoms with van der Waals surface area (Å²) in [5.41, 5.74) is 0. The molecule has 17 heavy (non-hydrogen) atoms. The van der Waals surface area contributed by atoms with Crippen LogP contribution in [0.25, 0.3) is 0 Å². The van der Waals surface area contributed by atoms with Crippen LogP contribution in [0.2, 0.25) is 0 Å². The third-order valence-electron chi connectivity index (χ3n) is 2.97. The van der Waals surface area contributed by atoms with E-state index in [1.807, 2.05) is 16.7 Å². The Labute approximate surface area is 103 Å². The highest BCUT2D eigenvalue weighted by Gasteiger charge is 2.22. The van der Waals surface area contributed by atoms with Crippen molar-refractivity contribution in [1.29, 1.82) is 0 Å². The van der Waals surface area contributed by atoms with Crippen LogP contribution in [0.1, 0.15) is 26.2 Å². The van der Waals surface area contributed by atoms with Crippen LogP contribution in [-0.4, -0.2) is 61.5 Å². The molecule has 0 aromatic heterocycles. The molecular weight excluding hydrogens is 220 g/mol. The maximum atomic E-state index is 11.7. The van der Waals surface area contributed by atoms with Crippen molar-refractivity contribution in [2.75, 3.05) is 39.9 Å². The summed E-state index contributed by atoms with van der Waals surface area (Å²) in [6.07, 6.45) is 1.92. The number of hydrogen-bond donors (Lipinski definition) is 0. The van der Waals surface area contributed by atoms with E-state index in [-0.39, 0.29) is 11.8 Å². The normalized spacial score (nSPS) is 16.1. The van der Waals surface area contributed by atoms with Crippen LogP contribution in [0.15, 0.2) is 0 Å². The van der Waals surface area contributed by atoms with Crippen LogP contribution in [0.3, 0.4) is 0 Å². The molecule has 1 heterocycles. The van der Waals surface area contributed by atoms with E-state index in [0.29, 0.717) is 45.6 Å². The van der Waals surface area contributed by atoms with Gasteiger partial charge in [-0.15, -0.1) is 0 Å². The fraction of sp³-hybridized carbons (Fsp3) is 0.833. The maximum Gasteiger partial charge on any atom is 0.225 e. The van der Waals surface area contributed by atoms with Crippen LogP contribution in [0, 0.1) is 0 Å². The molecule has 0 N–H and O–H groups in total. The molecule has 1 aliphatic rings. The molecule has 0 aromatic rings. The molecule has 0 atom stereocenters. The molecule has 0 radical (unpaired) electrons. The maximum absolute atomic E-state index is 11.7. The Kier molecular flexibility index (Phi) is 5.97. The quantitative estimate of drug-likeness (QED) is 0.705. The van der Waals surface area contributed by atoms with Gasteiger partial charge >= 0.3 is 0 Å². The molecule has 1 saturated heterocycles. The van der Waals surface area contributed by atoms with Crippen LogP contribution >= 0.6 is 0 Å². The fourth-order valence-electron chi connectivity index (χ4n) is 1.92. The Bertz CT molecular complexity index is 260. The lowest BCUT2D eigenvalue weighted by molar-refractivity contribution is -0.140. The molecule has 0 unspecified atom stereocenters. The second kappa shape index (κ2) is 7.27.